The molecule has 3 nitrogen and oxygen atoms in total. The van der Waals surface area contributed by atoms with Crippen LogP contribution < -0.4 is 0 Å². The summed E-state index contributed by atoms with van der Waals surface area (Å²) in [5.74, 6) is -0.783. The number of benzene rings is 1. The van der Waals surface area contributed by atoms with E-state index in [9.17, 15) is 4.79 Å². The fourth-order valence-electron chi connectivity index (χ4n) is 1.48. The van der Waals surface area contributed by atoms with E-state index in [1.54, 1.807) is 11.3 Å². The van der Waals surface area contributed by atoms with Crippen LogP contribution in [0.3, 0.4) is 0 Å². The fourth-order valence-corrected chi connectivity index (χ4v) is 3.37. The van der Waals surface area contributed by atoms with Crippen molar-refractivity contribution in [2.45, 2.75) is 19.8 Å². The first kappa shape index (κ1) is 11.5. The van der Waals surface area contributed by atoms with Crippen LogP contribution in [0.15, 0.2) is 16.6 Å². The molecular formula is C11H10BrNO2S. The maximum atomic E-state index is 10.5. The van der Waals surface area contributed by atoms with Crippen LogP contribution in [0.4, 0.5) is 0 Å². The average molecular weight is 300 g/mol. The van der Waals surface area contributed by atoms with Gasteiger partial charge in [0.1, 0.15) is 0 Å². The van der Waals surface area contributed by atoms with E-state index < -0.39 is 5.97 Å². The molecule has 1 heterocycles. The van der Waals surface area contributed by atoms with Crippen LogP contribution in [0.1, 0.15) is 17.0 Å². The second kappa shape index (κ2) is 4.51. The molecule has 0 radical (unpaired) electrons. The van der Waals surface area contributed by atoms with Gasteiger partial charge in [-0.25, -0.2) is 4.98 Å². The van der Waals surface area contributed by atoms with Gasteiger partial charge in [0.15, 0.2) is 0 Å². The number of fused-ring (bicyclic) bond motifs is 1. The minimum absolute atomic E-state index is 0.135. The highest BCUT2D eigenvalue weighted by Crippen LogP contribution is 2.30. The number of aliphatic carboxylic acids is 1. The van der Waals surface area contributed by atoms with E-state index >= 15 is 0 Å². The third-order valence-corrected chi connectivity index (χ3v) is 3.86. The van der Waals surface area contributed by atoms with Crippen molar-refractivity contribution in [2.24, 2.45) is 0 Å². The molecule has 2 aromatic rings. The van der Waals surface area contributed by atoms with Crippen molar-refractivity contribution >= 4 is 43.5 Å². The van der Waals surface area contributed by atoms with Gasteiger partial charge in [-0.2, -0.15) is 0 Å². The first-order valence-corrected chi connectivity index (χ1v) is 6.44. The summed E-state index contributed by atoms with van der Waals surface area (Å²) in [6, 6.07) is 4.09. The molecule has 0 fully saturated rings. The number of carboxylic acids is 1. The summed E-state index contributed by atoms with van der Waals surface area (Å²) < 4.78 is 2.08. The molecule has 0 unspecified atom stereocenters. The molecule has 1 aromatic carbocycles. The van der Waals surface area contributed by atoms with Crippen LogP contribution in [0, 0.1) is 6.92 Å². The van der Waals surface area contributed by atoms with Crippen molar-refractivity contribution < 1.29 is 9.90 Å². The Labute approximate surface area is 105 Å². The molecule has 0 aliphatic carbocycles. The summed E-state index contributed by atoms with van der Waals surface area (Å²) >= 11 is 5.03. The van der Waals surface area contributed by atoms with E-state index in [-0.39, 0.29) is 6.42 Å². The lowest BCUT2D eigenvalue weighted by Crippen LogP contribution is -1.96. The molecule has 0 saturated heterocycles. The summed E-state index contributed by atoms with van der Waals surface area (Å²) in [6.07, 6.45) is 0.636. The monoisotopic (exact) mass is 299 g/mol. The van der Waals surface area contributed by atoms with E-state index in [1.165, 1.54) is 5.56 Å². The van der Waals surface area contributed by atoms with Crippen LogP contribution in [0.2, 0.25) is 0 Å². The number of rotatable bonds is 3. The minimum Gasteiger partial charge on any atom is -0.481 e. The number of nitrogens with zero attached hydrogens (tertiary/aromatic N) is 1. The lowest BCUT2D eigenvalue weighted by atomic mass is 10.2. The molecule has 1 N–H and O–H groups in total. The zero-order chi connectivity index (χ0) is 11.7. The Morgan fingerprint density at radius 3 is 3.00 bits per heavy atom. The summed E-state index contributed by atoms with van der Waals surface area (Å²) in [6.45, 7) is 2.03. The first-order chi connectivity index (χ1) is 7.56. The lowest BCUT2D eigenvalue weighted by molar-refractivity contribution is -0.136. The Morgan fingerprint density at radius 2 is 2.31 bits per heavy atom. The van der Waals surface area contributed by atoms with Crippen LogP contribution >= 0.6 is 27.3 Å². The molecular weight excluding hydrogens is 290 g/mol. The molecule has 0 atom stereocenters. The van der Waals surface area contributed by atoms with Gasteiger partial charge in [-0.15, -0.1) is 11.3 Å². The van der Waals surface area contributed by atoms with E-state index in [1.807, 2.05) is 13.0 Å². The molecule has 0 aliphatic rings. The van der Waals surface area contributed by atoms with E-state index in [0.29, 0.717) is 6.42 Å². The van der Waals surface area contributed by atoms with Crippen LogP contribution in [0.5, 0.6) is 0 Å². The average Bonchev–Trinajstić information content (AvgIpc) is 2.57. The molecule has 0 bridgehead atoms. The summed E-state index contributed by atoms with van der Waals surface area (Å²) in [4.78, 5) is 14.9. The number of thiazole rings is 1. The first-order valence-electron chi connectivity index (χ1n) is 4.83. The van der Waals surface area contributed by atoms with Crippen molar-refractivity contribution in [3.05, 3.63) is 27.2 Å². The number of aromatic nitrogens is 1. The number of carboxylic acid groups (broad SMARTS) is 1. The quantitative estimate of drug-likeness (QED) is 0.945. The standard InChI is InChI=1S/C11H10BrNO2S/c1-6-4-7(12)11-8(5-6)16-9(13-11)2-3-10(14)15/h4-5H,2-3H2,1H3,(H,14,15). The van der Waals surface area contributed by atoms with Crippen molar-refractivity contribution in [1.29, 1.82) is 0 Å². The lowest BCUT2D eigenvalue weighted by Gasteiger charge is -1.94. The molecule has 2 rings (SSSR count). The smallest absolute Gasteiger partial charge is 0.303 e. The topological polar surface area (TPSA) is 50.2 Å². The number of aryl methyl sites for hydroxylation is 2. The highest BCUT2D eigenvalue weighted by molar-refractivity contribution is 9.10. The van der Waals surface area contributed by atoms with Crippen molar-refractivity contribution in [3.63, 3.8) is 0 Å². The van der Waals surface area contributed by atoms with Gasteiger partial charge < -0.3 is 5.11 Å². The Morgan fingerprint density at radius 1 is 1.56 bits per heavy atom. The number of hydrogen-bond acceptors (Lipinski definition) is 3. The second-order valence-electron chi connectivity index (χ2n) is 3.59. The zero-order valence-electron chi connectivity index (χ0n) is 8.66. The molecule has 84 valence electrons. The number of hydrogen-bond donors (Lipinski definition) is 1. The SMILES string of the molecule is Cc1cc(Br)c2nc(CCC(=O)O)sc2c1. The summed E-state index contributed by atoms with van der Waals surface area (Å²) in [5, 5.41) is 9.49. The van der Waals surface area contributed by atoms with Gasteiger partial charge in [0.05, 0.1) is 21.6 Å². The van der Waals surface area contributed by atoms with Gasteiger partial charge in [0.2, 0.25) is 0 Å². The predicted octanol–water partition coefficient (Wildman–Crippen LogP) is 3.38. The maximum absolute atomic E-state index is 10.5. The van der Waals surface area contributed by atoms with Gasteiger partial charge in [0.25, 0.3) is 0 Å². The molecule has 0 saturated carbocycles. The third-order valence-electron chi connectivity index (χ3n) is 2.19. The van der Waals surface area contributed by atoms with Gasteiger partial charge >= 0.3 is 5.97 Å². The Balaban J connectivity index is 2.36. The van der Waals surface area contributed by atoms with Crippen molar-refractivity contribution in [1.82, 2.24) is 4.98 Å². The normalized spacial score (nSPS) is 10.9. The largest absolute Gasteiger partial charge is 0.481 e. The van der Waals surface area contributed by atoms with Crippen LogP contribution in [-0.4, -0.2) is 16.1 Å². The molecule has 0 aliphatic heterocycles. The van der Waals surface area contributed by atoms with Crippen molar-refractivity contribution in [3.8, 4) is 0 Å². The highest BCUT2D eigenvalue weighted by Gasteiger charge is 2.09. The Bertz CT molecular complexity index is 550. The van der Waals surface area contributed by atoms with Crippen molar-refractivity contribution in [2.75, 3.05) is 0 Å². The van der Waals surface area contributed by atoms with E-state index in [4.69, 9.17) is 5.11 Å². The number of halogens is 1. The summed E-state index contributed by atoms with van der Waals surface area (Å²) in [5.41, 5.74) is 2.10. The summed E-state index contributed by atoms with van der Waals surface area (Å²) in [7, 11) is 0. The fraction of sp³-hybridized carbons (Fsp3) is 0.273. The number of carbonyl (C=O) groups is 1. The molecule has 0 spiro atoms. The minimum atomic E-state index is -0.783. The Hall–Kier alpha value is -0.940. The van der Waals surface area contributed by atoms with E-state index in [0.717, 1.165) is 19.7 Å². The van der Waals surface area contributed by atoms with Gasteiger partial charge in [-0.3, -0.25) is 4.79 Å². The third kappa shape index (κ3) is 2.41. The molecule has 5 heteroatoms. The van der Waals surface area contributed by atoms with E-state index in [2.05, 4.69) is 27.0 Å². The molecule has 1 aromatic heterocycles. The Kier molecular flexibility index (Phi) is 3.25. The molecule has 16 heavy (non-hydrogen) atoms. The second-order valence-corrected chi connectivity index (χ2v) is 5.56. The maximum Gasteiger partial charge on any atom is 0.303 e. The zero-order valence-corrected chi connectivity index (χ0v) is 11.1. The predicted molar refractivity (Wildman–Crippen MR) is 68.0 cm³/mol. The highest BCUT2D eigenvalue weighted by atomic mass is 79.9. The van der Waals surface area contributed by atoms with Crippen LogP contribution in [-0.2, 0) is 11.2 Å². The van der Waals surface area contributed by atoms with Gasteiger partial charge in [0, 0.05) is 10.9 Å². The van der Waals surface area contributed by atoms with Gasteiger partial charge in [-0.05, 0) is 40.5 Å². The van der Waals surface area contributed by atoms with Gasteiger partial charge in [-0.1, -0.05) is 0 Å². The molecule has 0 amide bonds. The van der Waals surface area contributed by atoms with Crippen LogP contribution in [0.25, 0.3) is 10.2 Å².